The number of nitrogens with one attached hydrogen (secondary N) is 2. The number of guanidine groups is 1. The van der Waals surface area contributed by atoms with Gasteiger partial charge in [-0.3, -0.25) is 4.99 Å². The maximum atomic E-state index is 6.30. The van der Waals surface area contributed by atoms with E-state index in [4.69, 9.17) is 23.2 Å². The van der Waals surface area contributed by atoms with Gasteiger partial charge in [-0.2, -0.15) is 5.10 Å². The molecular weight excluding hydrogens is 395 g/mol. The van der Waals surface area contributed by atoms with Crippen molar-refractivity contribution in [1.29, 1.82) is 0 Å². The summed E-state index contributed by atoms with van der Waals surface area (Å²) in [5.41, 5.74) is 3.27. The minimum Gasteiger partial charge on any atom is -0.352 e. The smallest absolute Gasteiger partial charge is 0.191 e. The van der Waals surface area contributed by atoms with E-state index in [1.54, 1.807) is 24.1 Å². The largest absolute Gasteiger partial charge is 0.352 e. The minimum absolute atomic E-state index is 0.0189. The second-order valence-corrected chi connectivity index (χ2v) is 7.21. The monoisotopic (exact) mass is 416 g/mol. The molecule has 28 heavy (non-hydrogen) atoms. The molecule has 146 valence electrons. The Labute approximate surface area is 174 Å². The van der Waals surface area contributed by atoms with E-state index in [9.17, 15) is 0 Å². The second kappa shape index (κ2) is 9.57. The summed E-state index contributed by atoms with van der Waals surface area (Å²) in [6.45, 7) is 3.36. The van der Waals surface area contributed by atoms with Crippen LogP contribution in [0.1, 0.15) is 29.7 Å². The van der Waals surface area contributed by atoms with Gasteiger partial charge in [-0.15, -0.1) is 0 Å². The standard InChI is InChI=1S/C20H22Cl2N6/c1-14(18-7-6-17(21)9-19(18)22)27-20(23-2)25-10-15-4-3-5-16(8-15)11-28-13-24-12-26-28/h3-9,12-14H,10-11H2,1-2H3,(H2,23,25,27). The molecule has 3 aromatic rings. The van der Waals surface area contributed by atoms with Crippen LogP contribution in [0, 0.1) is 0 Å². The molecule has 0 amide bonds. The van der Waals surface area contributed by atoms with E-state index in [-0.39, 0.29) is 6.04 Å². The van der Waals surface area contributed by atoms with Gasteiger partial charge >= 0.3 is 0 Å². The SMILES string of the molecule is CN=C(NCc1cccc(Cn2cncn2)c1)NC(C)c1ccc(Cl)cc1Cl. The fraction of sp³-hybridized carbons (Fsp3) is 0.250. The molecule has 1 heterocycles. The molecule has 0 aliphatic heterocycles. The summed E-state index contributed by atoms with van der Waals surface area (Å²) in [6.07, 6.45) is 3.25. The highest BCUT2D eigenvalue weighted by molar-refractivity contribution is 6.35. The molecule has 1 atom stereocenters. The molecule has 0 saturated heterocycles. The van der Waals surface area contributed by atoms with Crippen LogP contribution in [0.2, 0.25) is 10.0 Å². The van der Waals surface area contributed by atoms with Crippen molar-refractivity contribution in [3.8, 4) is 0 Å². The van der Waals surface area contributed by atoms with Gasteiger partial charge in [-0.1, -0.05) is 53.5 Å². The zero-order valence-electron chi connectivity index (χ0n) is 15.7. The first kappa shape index (κ1) is 20.2. The van der Waals surface area contributed by atoms with Gasteiger partial charge in [0.1, 0.15) is 12.7 Å². The Morgan fingerprint density at radius 2 is 2.00 bits per heavy atom. The number of halogens is 2. The van der Waals surface area contributed by atoms with Gasteiger partial charge in [-0.05, 0) is 35.7 Å². The molecular formula is C20H22Cl2N6. The first-order valence-corrected chi connectivity index (χ1v) is 9.63. The predicted octanol–water partition coefficient (Wildman–Crippen LogP) is 4.06. The molecule has 6 nitrogen and oxygen atoms in total. The van der Waals surface area contributed by atoms with Gasteiger partial charge in [0.05, 0.1) is 12.6 Å². The third-order valence-electron chi connectivity index (χ3n) is 4.27. The van der Waals surface area contributed by atoms with Crippen LogP contribution in [0.15, 0.2) is 60.1 Å². The minimum atomic E-state index is -0.0189. The van der Waals surface area contributed by atoms with Gasteiger partial charge in [0.25, 0.3) is 0 Å². The molecule has 2 N–H and O–H groups in total. The Morgan fingerprint density at radius 3 is 2.71 bits per heavy atom. The molecule has 0 saturated carbocycles. The number of rotatable bonds is 6. The molecule has 2 aromatic carbocycles. The topological polar surface area (TPSA) is 67.1 Å². The maximum Gasteiger partial charge on any atom is 0.191 e. The van der Waals surface area contributed by atoms with Crippen molar-refractivity contribution >= 4 is 29.2 Å². The van der Waals surface area contributed by atoms with Crippen molar-refractivity contribution in [2.45, 2.75) is 26.1 Å². The summed E-state index contributed by atoms with van der Waals surface area (Å²) in [5, 5.41) is 12.1. The summed E-state index contributed by atoms with van der Waals surface area (Å²) >= 11 is 12.3. The highest BCUT2D eigenvalue weighted by Gasteiger charge is 2.12. The maximum absolute atomic E-state index is 6.30. The fourth-order valence-corrected chi connectivity index (χ4v) is 3.43. The van der Waals surface area contributed by atoms with Crippen molar-refractivity contribution in [2.75, 3.05) is 7.05 Å². The number of nitrogens with zero attached hydrogens (tertiary/aromatic N) is 4. The quantitative estimate of drug-likeness (QED) is 0.469. The van der Waals surface area contributed by atoms with E-state index >= 15 is 0 Å². The van der Waals surface area contributed by atoms with Crippen LogP contribution in [-0.4, -0.2) is 27.8 Å². The lowest BCUT2D eigenvalue weighted by atomic mass is 10.1. The highest BCUT2D eigenvalue weighted by atomic mass is 35.5. The predicted molar refractivity (Wildman–Crippen MR) is 114 cm³/mol. The first-order valence-electron chi connectivity index (χ1n) is 8.87. The number of hydrogen-bond acceptors (Lipinski definition) is 3. The number of aliphatic imine (C=N–C) groups is 1. The number of aromatic nitrogens is 3. The van der Waals surface area contributed by atoms with E-state index < -0.39 is 0 Å². The van der Waals surface area contributed by atoms with Crippen LogP contribution < -0.4 is 10.6 Å². The Morgan fingerprint density at radius 1 is 1.18 bits per heavy atom. The Kier molecular flexibility index (Phi) is 6.90. The lowest BCUT2D eigenvalue weighted by Crippen LogP contribution is -2.38. The van der Waals surface area contributed by atoms with Crippen molar-refractivity contribution in [2.24, 2.45) is 4.99 Å². The summed E-state index contributed by atoms with van der Waals surface area (Å²) in [7, 11) is 1.74. The van der Waals surface area contributed by atoms with Crippen LogP contribution in [0.25, 0.3) is 0 Å². The Bertz CT molecular complexity index is 940. The molecule has 0 bridgehead atoms. The van der Waals surface area contributed by atoms with E-state index in [0.717, 1.165) is 16.7 Å². The normalized spacial score (nSPS) is 12.6. The van der Waals surface area contributed by atoms with Crippen LogP contribution in [0.4, 0.5) is 0 Å². The molecule has 0 radical (unpaired) electrons. The zero-order chi connectivity index (χ0) is 19.9. The van der Waals surface area contributed by atoms with Gasteiger partial charge in [0.2, 0.25) is 0 Å². The van der Waals surface area contributed by atoms with Crippen LogP contribution in [0.5, 0.6) is 0 Å². The zero-order valence-corrected chi connectivity index (χ0v) is 17.2. The Hall–Kier alpha value is -2.57. The molecule has 8 heteroatoms. The molecule has 1 aromatic heterocycles. The van der Waals surface area contributed by atoms with E-state index in [2.05, 4.69) is 43.9 Å². The third-order valence-corrected chi connectivity index (χ3v) is 4.83. The van der Waals surface area contributed by atoms with Crippen molar-refractivity contribution in [1.82, 2.24) is 25.4 Å². The van der Waals surface area contributed by atoms with Gasteiger partial charge in [0.15, 0.2) is 5.96 Å². The summed E-state index contributed by atoms with van der Waals surface area (Å²) in [4.78, 5) is 8.28. The van der Waals surface area contributed by atoms with Crippen molar-refractivity contribution < 1.29 is 0 Å². The fourth-order valence-electron chi connectivity index (χ4n) is 2.86. The molecule has 0 fully saturated rings. The van der Waals surface area contributed by atoms with Crippen LogP contribution in [-0.2, 0) is 13.1 Å². The van der Waals surface area contributed by atoms with Crippen molar-refractivity contribution in [3.63, 3.8) is 0 Å². The van der Waals surface area contributed by atoms with E-state index in [1.807, 2.05) is 25.1 Å². The molecule has 0 spiro atoms. The first-order chi connectivity index (χ1) is 13.5. The second-order valence-electron chi connectivity index (χ2n) is 6.37. The molecule has 3 rings (SSSR count). The number of hydrogen-bond donors (Lipinski definition) is 2. The molecule has 1 unspecified atom stereocenters. The summed E-state index contributed by atoms with van der Waals surface area (Å²) in [6, 6.07) is 13.8. The van der Waals surface area contributed by atoms with Crippen LogP contribution >= 0.6 is 23.2 Å². The van der Waals surface area contributed by atoms with Gasteiger partial charge < -0.3 is 10.6 Å². The lowest BCUT2D eigenvalue weighted by molar-refractivity contribution is 0.679. The van der Waals surface area contributed by atoms with Gasteiger partial charge in [0, 0.05) is 23.6 Å². The Balaban J connectivity index is 1.59. The molecule has 0 aliphatic rings. The van der Waals surface area contributed by atoms with Crippen molar-refractivity contribution in [3.05, 3.63) is 81.9 Å². The van der Waals surface area contributed by atoms with E-state index in [1.165, 1.54) is 6.33 Å². The van der Waals surface area contributed by atoms with Gasteiger partial charge in [-0.25, -0.2) is 9.67 Å². The van der Waals surface area contributed by atoms with Crippen LogP contribution in [0.3, 0.4) is 0 Å². The highest BCUT2D eigenvalue weighted by Crippen LogP contribution is 2.26. The summed E-state index contributed by atoms with van der Waals surface area (Å²) in [5.74, 6) is 0.695. The average molecular weight is 417 g/mol. The number of benzene rings is 2. The molecule has 0 aliphatic carbocycles. The lowest BCUT2D eigenvalue weighted by Gasteiger charge is -2.19. The average Bonchev–Trinajstić information content (AvgIpc) is 3.18. The van der Waals surface area contributed by atoms with E-state index in [0.29, 0.717) is 29.1 Å². The summed E-state index contributed by atoms with van der Waals surface area (Å²) < 4.78 is 1.80. The third kappa shape index (κ3) is 5.47.